The number of hydrogen-bond acceptors (Lipinski definition) is 5. The second-order valence-electron chi connectivity index (χ2n) is 4.98. The third-order valence-electron chi connectivity index (χ3n) is 3.54. The largest absolute Gasteiger partial charge is 0.391 e. The molecule has 0 aromatic carbocycles. The second kappa shape index (κ2) is 6.88. The van der Waals surface area contributed by atoms with Crippen LogP contribution in [0.1, 0.15) is 42.5 Å². The van der Waals surface area contributed by atoms with Crippen LogP contribution < -0.4 is 16.6 Å². The molecule has 0 saturated heterocycles. The second-order valence-corrected chi connectivity index (χ2v) is 5.39. The van der Waals surface area contributed by atoms with Crippen molar-refractivity contribution in [2.45, 2.75) is 44.2 Å². The first-order valence-corrected chi connectivity index (χ1v) is 7.10. The van der Waals surface area contributed by atoms with Crippen LogP contribution in [0.2, 0.25) is 5.02 Å². The van der Waals surface area contributed by atoms with Crippen molar-refractivity contribution in [1.29, 1.82) is 0 Å². The molecule has 110 valence electrons. The average Bonchev–Trinajstić information content (AvgIpc) is 2.64. The molecule has 1 fully saturated rings. The van der Waals surface area contributed by atoms with Crippen LogP contribution in [0.4, 0.5) is 5.82 Å². The number of aliphatic hydroxyl groups is 1. The topological polar surface area (TPSA) is 100 Å². The standard InChI is InChI=1S/C13H19ClN4O2/c14-9-6-8(7-16-12(9)18-15)13(20)17-10-4-2-1-3-5-11(10)19/h6-7,10-11,19H,1-5,15H2,(H,16,18)(H,17,20). The number of nitrogens with one attached hydrogen (secondary N) is 2. The Kier molecular flexibility index (Phi) is 5.17. The molecule has 2 unspecified atom stereocenters. The van der Waals surface area contributed by atoms with Crippen molar-refractivity contribution in [3.8, 4) is 0 Å². The molecule has 1 aromatic heterocycles. The van der Waals surface area contributed by atoms with E-state index < -0.39 is 6.10 Å². The smallest absolute Gasteiger partial charge is 0.253 e. The predicted octanol–water partition coefficient (Wildman–Crippen LogP) is 1.44. The summed E-state index contributed by atoms with van der Waals surface area (Å²) in [7, 11) is 0. The Bertz CT molecular complexity index is 483. The number of carbonyl (C=O) groups is 1. The lowest BCUT2D eigenvalue weighted by Gasteiger charge is -2.21. The Morgan fingerprint density at radius 2 is 2.15 bits per heavy atom. The normalized spacial score (nSPS) is 22.9. The van der Waals surface area contributed by atoms with Crippen LogP contribution in [0.25, 0.3) is 0 Å². The molecule has 1 aromatic rings. The van der Waals surface area contributed by atoms with Crippen LogP contribution in [0.3, 0.4) is 0 Å². The first-order valence-electron chi connectivity index (χ1n) is 6.73. The molecule has 0 radical (unpaired) electrons. The molecule has 20 heavy (non-hydrogen) atoms. The Morgan fingerprint density at radius 1 is 1.40 bits per heavy atom. The van der Waals surface area contributed by atoms with E-state index in [0.29, 0.717) is 11.4 Å². The van der Waals surface area contributed by atoms with Gasteiger partial charge in [0.1, 0.15) is 0 Å². The number of nitrogen functional groups attached to an aromatic ring is 1. The predicted molar refractivity (Wildman–Crippen MR) is 77.4 cm³/mol. The molecule has 0 spiro atoms. The lowest BCUT2D eigenvalue weighted by molar-refractivity contribution is 0.0818. The Morgan fingerprint density at radius 3 is 2.85 bits per heavy atom. The third kappa shape index (κ3) is 3.59. The van der Waals surface area contributed by atoms with Gasteiger partial charge in [0.15, 0.2) is 5.82 Å². The maximum atomic E-state index is 12.2. The van der Waals surface area contributed by atoms with Crippen LogP contribution in [-0.4, -0.2) is 28.1 Å². The lowest BCUT2D eigenvalue weighted by atomic mass is 10.1. The summed E-state index contributed by atoms with van der Waals surface area (Å²) in [5.74, 6) is 5.27. The summed E-state index contributed by atoms with van der Waals surface area (Å²) in [5, 5.41) is 13.1. The zero-order valence-electron chi connectivity index (χ0n) is 11.1. The first kappa shape index (κ1) is 15.0. The SMILES string of the molecule is NNc1ncc(C(=O)NC2CCCCCC2O)cc1Cl. The van der Waals surface area contributed by atoms with E-state index in [1.54, 1.807) is 0 Å². The molecule has 5 N–H and O–H groups in total. The van der Waals surface area contributed by atoms with E-state index in [2.05, 4.69) is 15.7 Å². The van der Waals surface area contributed by atoms with E-state index in [1.807, 2.05) is 0 Å². The summed E-state index contributed by atoms with van der Waals surface area (Å²) in [5.41, 5.74) is 2.70. The summed E-state index contributed by atoms with van der Waals surface area (Å²) in [6, 6.07) is 1.29. The number of anilines is 1. The molecule has 2 atom stereocenters. The van der Waals surface area contributed by atoms with Crippen LogP contribution in [-0.2, 0) is 0 Å². The number of amides is 1. The minimum absolute atomic E-state index is 0.212. The van der Waals surface area contributed by atoms with Crippen LogP contribution >= 0.6 is 11.6 Å². The third-order valence-corrected chi connectivity index (χ3v) is 3.82. The number of carbonyl (C=O) groups excluding carboxylic acids is 1. The molecule has 1 aliphatic rings. The highest BCUT2D eigenvalue weighted by molar-refractivity contribution is 6.33. The van der Waals surface area contributed by atoms with E-state index >= 15 is 0 Å². The molecule has 0 aliphatic heterocycles. The van der Waals surface area contributed by atoms with Gasteiger partial charge in [0.2, 0.25) is 0 Å². The zero-order valence-corrected chi connectivity index (χ0v) is 11.9. The fourth-order valence-electron chi connectivity index (χ4n) is 2.38. The number of hydrazine groups is 1. The van der Waals surface area contributed by atoms with E-state index in [9.17, 15) is 9.90 Å². The van der Waals surface area contributed by atoms with Crippen molar-refractivity contribution in [2.24, 2.45) is 5.84 Å². The van der Waals surface area contributed by atoms with Gasteiger partial charge in [0, 0.05) is 6.20 Å². The van der Waals surface area contributed by atoms with Gasteiger partial charge in [-0.15, -0.1) is 0 Å². The van der Waals surface area contributed by atoms with Crippen molar-refractivity contribution in [3.63, 3.8) is 0 Å². The molecule has 1 heterocycles. The van der Waals surface area contributed by atoms with Gasteiger partial charge in [-0.3, -0.25) is 4.79 Å². The number of pyridine rings is 1. The molecule has 1 saturated carbocycles. The molecular weight excluding hydrogens is 280 g/mol. The monoisotopic (exact) mass is 298 g/mol. The maximum absolute atomic E-state index is 12.2. The first-order chi connectivity index (χ1) is 9.61. The van der Waals surface area contributed by atoms with Gasteiger partial charge in [-0.25, -0.2) is 10.8 Å². The number of hydrogen-bond donors (Lipinski definition) is 4. The van der Waals surface area contributed by atoms with Crippen LogP contribution in [0, 0.1) is 0 Å². The van der Waals surface area contributed by atoms with Crippen molar-refractivity contribution < 1.29 is 9.90 Å². The van der Waals surface area contributed by atoms with Crippen LogP contribution in [0.5, 0.6) is 0 Å². The highest BCUT2D eigenvalue weighted by Gasteiger charge is 2.23. The number of nitrogens with two attached hydrogens (primary N) is 1. The van der Waals surface area contributed by atoms with Gasteiger partial charge in [-0.05, 0) is 18.9 Å². The van der Waals surface area contributed by atoms with Gasteiger partial charge >= 0.3 is 0 Å². The molecule has 6 nitrogen and oxygen atoms in total. The zero-order chi connectivity index (χ0) is 14.5. The number of halogens is 1. The van der Waals surface area contributed by atoms with Crippen molar-refractivity contribution >= 4 is 23.3 Å². The highest BCUT2D eigenvalue weighted by Crippen LogP contribution is 2.21. The summed E-state index contributed by atoms with van der Waals surface area (Å²) in [6.07, 6.45) is 5.52. The van der Waals surface area contributed by atoms with Gasteiger partial charge in [-0.1, -0.05) is 30.9 Å². The van der Waals surface area contributed by atoms with E-state index in [1.165, 1.54) is 12.3 Å². The summed E-state index contributed by atoms with van der Waals surface area (Å²) in [4.78, 5) is 16.1. The van der Waals surface area contributed by atoms with Crippen LogP contribution in [0.15, 0.2) is 12.3 Å². The minimum Gasteiger partial charge on any atom is -0.391 e. The Hall–Kier alpha value is -1.37. The maximum Gasteiger partial charge on any atom is 0.253 e. The Balaban J connectivity index is 2.05. The molecule has 1 aliphatic carbocycles. The number of aliphatic hydroxyl groups excluding tert-OH is 1. The van der Waals surface area contributed by atoms with E-state index in [0.717, 1.165) is 32.1 Å². The van der Waals surface area contributed by atoms with E-state index in [4.69, 9.17) is 17.4 Å². The van der Waals surface area contributed by atoms with Gasteiger partial charge in [0.05, 0.1) is 22.7 Å². The van der Waals surface area contributed by atoms with Gasteiger partial charge < -0.3 is 15.8 Å². The number of aromatic nitrogens is 1. The highest BCUT2D eigenvalue weighted by atomic mass is 35.5. The van der Waals surface area contributed by atoms with E-state index in [-0.39, 0.29) is 17.0 Å². The molecule has 1 amide bonds. The quantitative estimate of drug-likeness (QED) is 0.384. The van der Waals surface area contributed by atoms with Crippen molar-refractivity contribution in [1.82, 2.24) is 10.3 Å². The average molecular weight is 299 g/mol. The fourth-order valence-corrected chi connectivity index (χ4v) is 2.60. The molecule has 2 rings (SSSR count). The van der Waals surface area contributed by atoms with Gasteiger partial charge in [0.25, 0.3) is 5.91 Å². The van der Waals surface area contributed by atoms with Gasteiger partial charge in [-0.2, -0.15) is 0 Å². The molecular formula is C13H19ClN4O2. The minimum atomic E-state index is -0.491. The number of nitrogens with zero attached hydrogens (tertiary/aromatic N) is 1. The summed E-state index contributed by atoms with van der Waals surface area (Å²) >= 11 is 5.94. The molecule has 0 bridgehead atoms. The fraction of sp³-hybridized carbons (Fsp3) is 0.538. The molecule has 7 heteroatoms. The number of rotatable bonds is 3. The Labute approximate surface area is 122 Å². The lowest BCUT2D eigenvalue weighted by Crippen LogP contribution is -2.42. The summed E-state index contributed by atoms with van der Waals surface area (Å²) < 4.78 is 0. The summed E-state index contributed by atoms with van der Waals surface area (Å²) in [6.45, 7) is 0. The van der Waals surface area contributed by atoms with Crippen molar-refractivity contribution in [3.05, 3.63) is 22.8 Å². The van der Waals surface area contributed by atoms with Crippen molar-refractivity contribution in [2.75, 3.05) is 5.43 Å².